The van der Waals surface area contributed by atoms with Crippen LogP contribution in [0.3, 0.4) is 0 Å². The van der Waals surface area contributed by atoms with Crippen LogP contribution in [0, 0.1) is 0 Å². The number of piperidine rings is 1. The van der Waals surface area contributed by atoms with Crippen molar-refractivity contribution in [3.8, 4) is 10.4 Å². The molecule has 0 aromatic carbocycles. The number of nitrogens with zero attached hydrogens (tertiary/aromatic N) is 2. The molecule has 1 N–H and O–H groups in total. The number of nitrogens with one attached hydrogen (secondary N) is 1. The second-order valence-corrected chi connectivity index (χ2v) is 10.7. The third-order valence-corrected chi connectivity index (χ3v) is 8.78. The highest BCUT2D eigenvalue weighted by Gasteiger charge is 2.40. The molecule has 2 aromatic rings. The third kappa shape index (κ3) is 4.17. The molecule has 0 radical (unpaired) electrons. The minimum absolute atomic E-state index is 0.0606. The van der Waals surface area contributed by atoms with E-state index in [2.05, 4.69) is 4.72 Å². The van der Waals surface area contributed by atoms with Crippen LogP contribution in [0.1, 0.15) is 32.6 Å². The minimum Gasteiger partial charge on any atom is -0.472 e. The van der Waals surface area contributed by atoms with E-state index in [0.717, 1.165) is 54.1 Å². The van der Waals surface area contributed by atoms with Crippen LogP contribution >= 0.6 is 11.3 Å². The lowest BCUT2D eigenvalue weighted by Crippen LogP contribution is -2.51. The number of carbonyl (C=O) groups excluding carboxylic acids is 2. The molecule has 0 aliphatic carbocycles. The van der Waals surface area contributed by atoms with Crippen molar-refractivity contribution < 1.29 is 22.4 Å². The van der Waals surface area contributed by atoms with Gasteiger partial charge in [-0.25, -0.2) is 8.42 Å². The molecule has 1 unspecified atom stereocenters. The van der Waals surface area contributed by atoms with Gasteiger partial charge in [-0.1, -0.05) is 0 Å². The number of rotatable bonds is 6. The van der Waals surface area contributed by atoms with E-state index in [1.807, 2.05) is 4.90 Å². The number of hydrogen-bond acceptors (Lipinski definition) is 6. The first-order valence-electron chi connectivity index (χ1n) is 10.1. The zero-order valence-corrected chi connectivity index (χ0v) is 18.4. The van der Waals surface area contributed by atoms with Gasteiger partial charge in [0.15, 0.2) is 0 Å². The highest BCUT2D eigenvalue weighted by Crippen LogP contribution is 2.31. The number of sulfonamides is 1. The van der Waals surface area contributed by atoms with E-state index in [9.17, 15) is 18.0 Å². The molecule has 0 bridgehead atoms. The Morgan fingerprint density at radius 3 is 2.67 bits per heavy atom. The maximum absolute atomic E-state index is 12.9. The van der Waals surface area contributed by atoms with Crippen LogP contribution in [0.25, 0.3) is 10.4 Å². The molecule has 4 heterocycles. The number of hydrogen-bond donors (Lipinski definition) is 1. The van der Waals surface area contributed by atoms with Crippen molar-refractivity contribution >= 4 is 33.2 Å². The Hall–Kier alpha value is -2.17. The molecule has 162 valence electrons. The monoisotopic (exact) mass is 451 g/mol. The average molecular weight is 452 g/mol. The Kier molecular flexibility index (Phi) is 5.99. The number of furan rings is 1. The lowest BCUT2D eigenvalue weighted by atomic mass is 10.1. The van der Waals surface area contributed by atoms with Crippen molar-refractivity contribution in [2.75, 3.05) is 19.6 Å². The quantitative estimate of drug-likeness (QED) is 0.726. The second kappa shape index (κ2) is 8.52. The van der Waals surface area contributed by atoms with E-state index in [1.54, 1.807) is 25.3 Å². The van der Waals surface area contributed by atoms with Gasteiger partial charge in [0, 0.05) is 30.1 Å². The lowest BCUT2D eigenvalue weighted by Gasteiger charge is -2.32. The Morgan fingerprint density at radius 2 is 1.97 bits per heavy atom. The molecule has 30 heavy (non-hydrogen) atoms. The molecule has 0 spiro atoms. The van der Waals surface area contributed by atoms with E-state index in [0.29, 0.717) is 13.0 Å². The van der Waals surface area contributed by atoms with Gasteiger partial charge in [0.1, 0.15) is 16.3 Å². The van der Waals surface area contributed by atoms with E-state index in [1.165, 1.54) is 17.2 Å². The summed E-state index contributed by atoms with van der Waals surface area (Å²) in [6, 6.07) is 3.56. The molecule has 4 rings (SSSR count). The molecule has 2 amide bonds. The Morgan fingerprint density at radius 1 is 1.20 bits per heavy atom. The van der Waals surface area contributed by atoms with Crippen LogP contribution < -0.4 is 4.72 Å². The normalized spacial score (nSPS) is 21.2. The summed E-state index contributed by atoms with van der Waals surface area (Å²) < 4.78 is 33.3. The van der Waals surface area contributed by atoms with Gasteiger partial charge in [-0.2, -0.15) is 4.72 Å². The van der Waals surface area contributed by atoms with Gasteiger partial charge in [0.25, 0.3) is 10.0 Å². The fourth-order valence-electron chi connectivity index (χ4n) is 3.98. The molecule has 2 aliphatic rings. The second-order valence-electron chi connectivity index (χ2n) is 7.69. The number of carbonyl (C=O) groups is 2. The third-order valence-electron chi connectivity index (χ3n) is 5.68. The Balaban J connectivity index is 1.41. The topological polar surface area (TPSA) is 99.9 Å². The van der Waals surface area contributed by atoms with Crippen LogP contribution in [0.2, 0.25) is 0 Å². The van der Waals surface area contributed by atoms with Crippen LogP contribution in [-0.4, -0.2) is 61.7 Å². The maximum atomic E-state index is 12.9. The molecule has 2 aliphatic heterocycles. The number of amides is 2. The largest absolute Gasteiger partial charge is 0.472 e. The van der Waals surface area contributed by atoms with E-state index in [4.69, 9.17) is 4.42 Å². The van der Waals surface area contributed by atoms with Crippen molar-refractivity contribution in [3.63, 3.8) is 0 Å². The maximum Gasteiger partial charge on any atom is 0.250 e. The fourth-order valence-corrected chi connectivity index (χ4v) is 6.51. The molecule has 2 fully saturated rings. The van der Waals surface area contributed by atoms with Crippen LogP contribution in [-0.2, 0) is 19.6 Å². The highest BCUT2D eigenvalue weighted by atomic mass is 32.2. The average Bonchev–Trinajstić information content (AvgIpc) is 3.49. The Bertz CT molecular complexity index is 1010. The van der Waals surface area contributed by atoms with Gasteiger partial charge in [0.2, 0.25) is 11.8 Å². The minimum atomic E-state index is -3.84. The first kappa shape index (κ1) is 21.1. The summed E-state index contributed by atoms with van der Waals surface area (Å²) in [5, 5.41) is 0. The summed E-state index contributed by atoms with van der Waals surface area (Å²) in [7, 11) is -3.84. The molecule has 2 aromatic heterocycles. The predicted octanol–water partition coefficient (Wildman–Crippen LogP) is 2.29. The summed E-state index contributed by atoms with van der Waals surface area (Å²) >= 11 is 1.12. The SMILES string of the molecule is C[C@@H](C(=O)N1CCCCC1)N1CCC(NS(=O)(=O)c2ccc(-c3ccoc3)s2)C1=O. The zero-order valence-electron chi connectivity index (χ0n) is 16.7. The van der Waals surface area contributed by atoms with Gasteiger partial charge in [-0.15, -0.1) is 11.3 Å². The van der Waals surface area contributed by atoms with E-state index < -0.39 is 22.1 Å². The van der Waals surface area contributed by atoms with Crippen molar-refractivity contribution in [3.05, 3.63) is 30.7 Å². The first-order valence-corrected chi connectivity index (χ1v) is 12.4. The van der Waals surface area contributed by atoms with Gasteiger partial charge in [-0.05, 0) is 50.8 Å². The molecule has 10 heteroatoms. The lowest BCUT2D eigenvalue weighted by molar-refractivity contribution is -0.143. The van der Waals surface area contributed by atoms with Crippen molar-refractivity contribution in [2.45, 2.75) is 48.9 Å². The summed E-state index contributed by atoms with van der Waals surface area (Å²) in [4.78, 5) is 29.7. The van der Waals surface area contributed by atoms with Crippen molar-refractivity contribution in [1.82, 2.24) is 14.5 Å². The molecule has 2 atom stereocenters. The number of thiophene rings is 1. The Labute approximate surface area is 179 Å². The van der Waals surface area contributed by atoms with E-state index in [-0.39, 0.29) is 16.0 Å². The van der Waals surface area contributed by atoms with Gasteiger partial charge < -0.3 is 14.2 Å². The van der Waals surface area contributed by atoms with Gasteiger partial charge in [0.05, 0.1) is 12.5 Å². The molecular formula is C20H25N3O5S2. The highest BCUT2D eigenvalue weighted by molar-refractivity contribution is 7.91. The van der Waals surface area contributed by atoms with Gasteiger partial charge >= 0.3 is 0 Å². The molecule has 8 nitrogen and oxygen atoms in total. The molecule has 0 saturated carbocycles. The zero-order chi connectivity index (χ0) is 21.3. The summed E-state index contributed by atoms with van der Waals surface area (Å²) in [6.45, 7) is 3.52. The number of likely N-dealkylation sites (tertiary alicyclic amines) is 2. The van der Waals surface area contributed by atoms with Gasteiger partial charge in [-0.3, -0.25) is 9.59 Å². The predicted molar refractivity (Wildman–Crippen MR) is 112 cm³/mol. The van der Waals surface area contributed by atoms with Crippen molar-refractivity contribution in [1.29, 1.82) is 0 Å². The molecule has 2 saturated heterocycles. The standard InChI is InChI=1S/C20H25N3O5S2/c1-14(19(24)22-9-3-2-4-10-22)23-11-7-16(20(23)25)21-30(26,27)18-6-5-17(29-18)15-8-12-28-13-15/h5-6,8,12-14,16,21H,2-4,7,9-11H2,1H3/t14-,16?/m0/s1. The fraction of sp³-hybridized carbons (Fsp3) is 0.500. The van der Waals surface area contributed by atoms with Crippen molar-refractivity contribution in [2.24, 2.45) is 0 Å². The first-order chi connectivity index (χ1) is 14.4. The summed E-state index contributed by atoms with van der Waals surface area (Å²) in [5.41, 5.74) is 0.801. The summed E-state index contributed by atoms with van der Waals surface area (Å²) in [5.74, 6) is -0.405. The van der Waals surface area contributed by atoms with Crippen LogP contribution in [0.5, 0.6) is 0 Å². The van der Waals surface area contributed by atoms with Crippen LogP contribution in [0.15, 0.2) is 39.4 Å². The molecular weight excluding hydrogens is 426 g/mol. The van der Waals surface area contributed by atoms with Crippen LogP contribution in [0.4, 0.5) is 0 Å². The van der Waals surface area contributed by atoms with E-state index >= 15 is 0 Å². The summed E-state index contributed by atoms with van der Waals surface area (Å²) in [6.07, 6.45) is 6.51. The smallest absolute Gasteiger partial charge is 0.250 e.